The summed E-state index contributed by atoms with van der Waals surface area (Å²) in [5.41, 5.74) is 0.881. The Labute approximate surface area is 84.1 Å². The van der Waals surface area contributed by atoms with Crippen LogP contribution in [0.3, 0.4) is 0 Å². The van der Waals surface area contributed by atoms with Gasteiger partial charge < -0.3 is 9.15 Å². The molecule has 0 saturated carbocycles. The number of rotatable bonds is 3. The van der Waals surface area contributed by atoms with Gasteiger partial charge in [-0.15, -0.1) is 0 Å². The number of carbonyl (C=O) groups is 1. The number of furan rings is 1. The third-order valence-electron chi connectivity index (χ3n) is 1.67. The van der Waals surface area contributed by atoms with E-state index in [0.717, 1.165) is 0 Å². The van der Waals surface area contributed by atoms with Gasteiger partial charge in [0, 0.05) is 5.38 Å². The van der Waals surface area contributed by atoms with Crippen molar-refractivity contribution in [3.05, 3.63) is 35.2 Å². The zero-order valence-corrected chi connectivity index (χ0v) is 8.21. The molecule has 0 amide bonds. The lowest BCUT2D eigenvalue weighted by molar-refractivity contribution is 0.103. The quantitative estimate of drug-likeness (QED) is 0.725. The minimum Gasteiger partial charge on any atom is -0.473 e. The third-order valence-corrected chi connectivity index (χ3v) is 2.47. The van der Waals surface area contributed by atoms with Gasteiger partial charge in [-0.2, -0.15) is 4.98 Å². The van der Waals surface area contributed by atoms with Crippen LogP contribution in [0.2, 0.25) is 0 Å². The van der Waals surface area contributed by atoms with Gasteiger partial charge in [0.15, 0.2) is 0 Å². The van der Waals surface area contributed by atoms with E-state index in [1.54, 1.807) is 11.4 Å². The van der Waals surface area contributed by atoms with Crippen LogP contribution in [0.25, 0.3) is 0 Å². The summed E-state index contributed by atoms with van der Waals surface area (Å²) in [6.45, 7) is 0. The van der Waals surface area contributed by atoms with E-state index in [1.165, 1.54) is 31.0 Å². The molecule has 0 aliphatic heterocycles. The van der Waals surface area contributed by atoms with Gasteiger partial charge >= 0.3 is 0 Å². The van der Waals surface area contributed by atoms with Crippen LogP contribution in [-0.4, -0.2) is 17.9 Å². The number of aromatic nitrogens is 1. The first-order valence-electron chi connectivity index (χ1n) is 3.87. The topological polar surface area (TPSA) is 52.3 Å². The highest BCUT2D eigenvalue weighted by Crippen LogP contribution is 2.19. The number of thiazole rings is 1. The number of nitrogens with zero attached hydrogens (tertiary/aromatic N) is 1. The van der Waals surface area contributed by atoms with E-state index in [0.29, 0.717) is 16.5 Å². The Bertz CT molecular complexity index is 433. The maximum Gasteiger partial charge on any atom is 0.273 e. The number of hydrogen-bond donors (Lipinski definition) is 0. The molecule has 0 aliphatic carbocycles. The number of ether oxygens (including phenoxy) is 1. The van der Waals surface area contributed by atoms with E-state index < -0.39 is 0 Å². The lowest BCUT2D eigenvalue weighted by atomic mass is 10.2. The molecule has 0 spiro atoms. The zero-order valence-electron chi connectivity index (χ0n) is 7.39. The van der Waals surface area contributed by atoms with Crippen LogP contribution < -0.4 is 4.74 Å². The average Bonchev–Trinajstić information content (AvgIpc) is 2.88. The SMILES string of the molecule is COc1nc(C(=O)c2ccoc2)cs1. The molecule has 5 heteroatoms. The molecule has 0 N–H and O–H groups in total. The molecular weight excluding hydrogens is 202 g/mol. The van der Waals surface area contributed by atoms with Crippen molar-refractivity contribution in [1.29, 1.82) is 0 Å². The molecule has 0 unspecified atom stereocenters. The molecule has 14 heavy (non-hydrogen) atoms. The van der Waals surface area contributed by atoms with E-state index in [4.69, 9.17) is 9.15 Å². The van der Waals surface area contributed by atoms with Gasteiger partial charge in [-0.3, -0.25) is 4.79 Å². The number of ketones is 1. The Balaban J connectivity index is 2.28. The Morgan fingerprint density at radius 1 is 1.64 bits per heavy atom. The van der Waals surface area contributed by atoms with Crippen molar-refractivity contribution >= 4 is 17.1 Å². The van der Waals surface area contributed by atoms with E-state index in [-0.39, 0.29) is 5.78 Å². The largest absolute Gasteiger partial charge is 0.473 e. The predicted molar refractivity (Wildman–Crippen MR) is 50.8 cm³/mol. The first kappa shape index (κ1) is 8.96. The molecule has 2 aromatic rings. The van der Waals surface area contributed by atoms with Crippen molar-refractivity contribution < 1.29 is 13.9 Å². The maximum absolute atomic E-state index is 11.7. The van der Waals surface area contributed by atoms with Gasteiger partial charge in [0.25, 0.3) is 5.19 Å². The summed E-state index contributed by atoms with van der Waals surface area (Å²) in [5, 5.41) is 2.14. The molecule has 0 radical (unpaired) electrons. The third kappa shape index (κ3) is 1.54. The van der Waals surface area contributed by atoms with Crippen LogP contribution in [0, 0.1) is 0 Å². The first-order chi connectivity index (χ1) is 6.81. The Kier molecular flexibility index (Phi) is 2.32. The molecule has 0 saturated heterocycles. The second-order valence-electron chi connectivity index (χ2n) is 2.54. The van der Waals surface area contributed by atoms with E-state index in [9.17, 15) is 4.79 Å². The van der Waals surface area contributed by atoms with Gasteiger partial charge in [0.05, 0.1) is 18.9 Å². The molecule has 2 aromatic heterocycles. The number of methoxy groups -OCH3 is 1. The van der Waals surface area contributed by atoms with Gasteiger partial charge in [-0.1, -0.05) is 11.3 Å². The minimum absolute atomic E-state index is 0.154. The van der Waals surface area contributed by atoms with Crippen LogP contribution >= 0.6 is 11.3 Å². The molecule has 0 atom stereocenters. The highest BCUT2D eigenvalue weighted by Gasteiger charge is 2.14. The monoisotopic (exact) mass is 209 g/mol. The summed E-state index contributed by atoms with van der Waals surface area (Å²) in [5.74, 6) is -0.154. The normalized spacial score (nSPS) is 10.1. The predicted octanol–water partition coefficient (Wildman–Crippen LogP) is 1.98. The average molecular weight is 209 g/mol. The van der Waals surface area contributed by atoms with Crippen LogP contribution in [-0.2, 0) is 0 Å². The highest BCUT2D eigenvalue weighted by molar-refractivity contribution is 7.11. The summed E-state index contributed by atoms with van der Waals surface area (Å²) in [6, 6.07) is 1.61. The van der Waals surface area contributed by atoms with E-state index in [2.05, 4.69) is 4.98 Å². The summed E-state index contributed by atoms with van der Waals surface area (Å²) < 4.78 is 9.71. The van der Waals surface area contributed by atoms with Crippen molar-refractivity contribution in [2.24, 2.45) is 0 Å². The van der Waals surface area contributed by atoms with Crippen LogP contribution in [0.5, 0.6) is 5.19 Å². The lowest BCUT2D eigenvalue weighted by Crippen LogP contribution is -1.99. The fourth-order valence-corrected chi connectivity index (χ4v) is 1.62. The van der Waals surface area contributed by atoms with Crippen molar-refractivity contribution in [2.75, 3.05) is 7.11 Å². The van der Waals surface area contributed by atoms with Crippen molar-refractivity contribution in [2.45, 2.75) is 0 Å². The Morgan fingerprint density at radius 3 is 3.07 bits per heavy atom. The van der Waals surface area contributed by atoms with Gasteiger partial charge in [0.2, 0.25) is 5.78 Å². The summed E-state index contributed by atoms with van der Waals surface area (Å²) in [7, 11) is 1.52. The number of hydrogen-bond acceptors (Lipinski definition) is 5. The molecule has 72 valence electrons. The van der Waals surface area contributed by atoms with Gasteiger partial charge in [-0.05, 0) is 6.07 Å². The van der Waals surface area contributed by atoms with Gasteiger partial charge in [-0.25, -0.2) is 0 Å². The first-order valence-corrected chi connectivity index (χ1v) is 4.75. The summed E-state index contributed by atoms with van der Waals surface area (Å²) >= 11 is 1.29. The van der Waals surface area contributed by atoms with Crippen LogP contribution in [0.4, 0.5) is 0 Å². The van der Waals surface area contributed by atoms with E-state index >= 15 is 0 Å². The summed E-state index contributed by atoms with van der Waals surface area (Å²) in [6.07, 6.45) is 2.85. The molecule has 4 nitrogen and oxygen atoms in total. The fourth-order valence-electron chi connectivity index (χ4n) is 0.997. The Hall–Kier alpha value is -1.62. The van der Waals surface area contributed by atoms with E-state index in [1.807, 2.05) is 0 Å². The molecule has 0 aliphatic rings. The van der Waals surface area contributed by atoms with Crippen LogP contribution in [0.15, 0.2) is 28.4 Å². The fraction of sp³-hybridized carbons (Fsp3) is 0.111. The smallest absolute Gasteiger partial charge is 0.273 e. The highest BCUT2D eigenvalue weighted by atomic mass is 32.1. The number of carbonyl (C=O) groups excluding carboxylic acids is 1. The molecular formula is C9H7NO3S. The molecule has 2 rings (SSSR count). The lowest BCUT2D eigenvalue weighted by Gasteiger charge is -1.90. The van der Waals surface area contributed by atoms with Crippen molar-refractivity contribution in [3.63, 3.8) is 0 Å². The molecule has 0 fully saturated rings. The van der Waals surface area contributed by atoms with Crippen molar-refractivity contribution in [3.8, 4) is 5.19 Å². The minimum atomic E-state index is -0.154. The molecule has 0 aromatic carbocycles. The van der Waals surface area contributed by atoms with Crippen LogP contribution in [0.1, 0.15) is 16.1 Å². The zero-order chi connectivity index (χ0) is 9.97. The maximum atomic E-state index is 11.7. The molecule has 0 bridgehead atoms. The standard InChI is InChI=1S/C9H7NO3S/c1-12-9-10-7(5-14-9)8(11)6-2-3-13-4-6/h2-5H,1H3. The van der Waals surface area contributed by atoms with Crippen molar-refractivity contribution in [1.82, 2.24) is 4.98 Å². The second kappa shape index (κ2) is 3.63. The van der Waals surface area contributed by atoms with Gasteiger partial charge in [0.1, 0.15) is 12.0 Å². The molecule has 2 heterocycles. The second-order valence-corrected chi connectivity index (χ2v) is 3.36. The summed E-state index contributed by atoms with van der Waals surface area (Å²) in [4.78, 5) is 15.7. The Morgan fingerprint density at radius 2 is 2.50 bits per heavy atom.